The lowest BCUT2D eigenvalue weighted by molar-refractivity contribution is -0.137. The molecule has 6 nitrogen and oxygen atoms in total. The van der Waals surface area contributed by atoms with Crippen LogP contribution >= 0.6 is 11.8 Å². The first-order chi connectivity index (χ1) is 15.6. The second-order valence-corrected chi connectivity index (χ2v) is 9.96. The Kier molecular flexibility index (Phi) is 9.85. The van der Waals surface area contributed by atoms with Crippen LogP contribution < -0.4 is 16.8 Å². The smallest absolute Gasteiger partial charge is 0.329 e. The maximum Gasteiger partial charge on any atom is 0.329 e. The number of nitrogens with one attached hydrogen (secondary N) is 1. The number of benzene rings is 2. The highest BCUT2D eigenvalue weighted by Gasteiger charge is 2.36. The summed E-state index contributed by atoms with van der Waals surface area (Å²) in [6.07, 6.45) is 2.97. The minimum Gasteiger partial charge on any atom is -0.480 e. The van der Waals surface area contributed by atoms with Crippen molar-refractivity contribution in [1.82, 2.24) is 0 Å². The zero-order valence-electron chi connectivity index (χ0n) is 20.0. The van der Waals surface area contributed by atoms with E-state index in [4.69, 9.17) is 11.5 Å². The molecule has 0 spiro atoms. The van der Waals surface area contributed by atoms with Gasteiger partial charge in [0.15, 0.2) is 6.04 Å². The lowest BCUT2D eigenvalue weighted by atomic mass is 9.78. The number of carbonyl (C=O) groups is 1. The Labute approximate surface area is 201 Å². The number of rotatable bonds is 3. The SMILES string of the molecule is CC1(C)CC2=NC(C(=O)O)CSC2=C(Nc2ccc(N)cc2)C1.CCC.Nc1ccccc1. The lowest BCUT2D eigenvalue weighted by Gasteiger charge is -2.36. The molecule has 0 saturated heterocycles. The number of fused-ring (bicyclic) bond motifs is 1. The van der Waals surface area contributed by atoms with E-state index in [9.17, 15) is 9.90 Å². The highest BCUT2D eigenvalue weighted by Crippen LogP contribution is 2.43. The molecule has 178 valence electrons. The predicted molar refractivity (Wildman–Crippen MR) is 143 cm³/mol. The van der Waals surface area contributed by atoms with Crippen LogP contribution in [-0.2, 0) is 4.79 Å². The molecule has 1 heterocycles. The summed E-state index contributed by atoms with van der Waals surface area (Å²) in [6, 6.07) is 16.5. The minimum absolute atomic E-state index is 0.0550. The Balaban J connectivity index is 0.000000321. The number of aliphatic carboxylic acids is 1. The topological polar surface area (TPSA) is 114 Å². The van der Waals surface area contributed by atoms with Crippen molar-refractivity contribution in [2.45, 2.75) is 53.0 Å². The Morgan fingerprint density at radius 2 is 1.64 bits per heavy atom. The first-order valence-corrected chi connectivity index (χ1v) is 12.2. The van der Waals surface area contributed by atoms with Gasteiger partial charge in [-0.05, 0) is 54.7 Å². The van der Waals surface area contributed by atoms with Crippen molar-refractivity contribution < 1.29 is 9.90 Å². The van der Waals surface area contributed by atoms with Gasteiger partial charge in [0.25, 0.3) is 0 Å². The molecule has 0 saturated carbocycles. The molecule has 33 heavy (non-hydrogen) atoms. The summed E-state index contributed by atoms with van der Waals surface area (Å²) in [6.45, 7) is 8.62. The molecule has 1 unspecified atom stereocenters. The third kappa shape index (κ3) is 8.50. The average Bonchev–Trinajstić information content (AvgIpc) is 2.75. The van der Waals surface area contributed by atoms with Crippen LogP contribution in [0.1, 0.15) is 47.0 Å². The van der Waals surface area contributed by atoms with E-state index < -0.39 is 12.0 Å². The maximum atomic E-state index is 11.2. The number of allylic oxidation sites excluding steroid dienone is 2. The van der Waals surface area contributed by atoms with Crippen molar-refractivity contribution in [1.29, 1.82) is 0 Å². The van der Waals surface area contributed by atoms with Gasteiger partial charge in [0, 0.05) is 33.4 Å². The Hall–Kier alpha value is -2.93. The first-order valence-electron chi connectivity index (χ1n) is 11.2. The minimum atomic E-state index is -0.847. The number of hydrogen-bond donors (Lipinski definition) is 4. The largest absolute Gasteiger partial charge is 0.480 e. The average molecular weight is 469 g/mol. The second-order valence-electron chi connectivity index (χ2n) is 8.93. The van der Waals surface area contributed by atoms with Crippen molar-refractivity contribution in [2.75, 3.05) is 22.5 Å². The summed E-state index contributed by atoms with van der Waals surface area (Å²) in [4.78, 5) is 16.8. The molecule has 2 aromatic carbocycles. The molecular formula is C26H36N4O2S. The number of nitrogen functional groups attached to an aromatic ring is 2. The molecule has 0 fully saturated rings. The number of thioether (sulfide) groups is 1. The fraction of sp³-hybridized carbons (Fsp3) is 0.385. The Morgan fingerprint density at radius 3 is 2.15 bits per heavy atom. The van der Waals surface area contributed by atoms with Crippen molar-refractivity contribution >= 4 is 40.5 Å². The number of aliphatic imine (C=N–C) groups is 1. The zero-order valence-corrected chi connectivity index (χ0v) is 20.8. The number of nitrogens with zero attached hydrogens (tertiary/aromatic N) is 1. The Morgan fingerprint density at radius 1 is 1.06 bits per heavy atom. The molecule has 1 aliphatic carbocycles. The fourth-order valence-electron chi connectivity index (χ4n) is 3.41. The molecular weight excluding hydrogens is 432 g/mol. The normalized spacial score (nSPS) is 18.4. The number of nitrogens with two attached hydrogens (primary N) is 2. The van der Waals surface area contributed by atoms with Gasteiger partial charge in [-0.1, -0.05) is 52.3 Å². The molecule has 2 aromatic rings. The molecule has 7 heteroatoms. The van der Waals surface area contributed by atoms with Gasteiger partial charge in [0.2, 0.25) is 0 Å². The standard InChI is InChI=1S/C17H21N3O2S.C6H7N.C3H8/c1-17(2)7-12(19-11-5-3-10(18)4-6-11)15-13(8-17)20-14(9-23-15)16(21)22;7-6-4-2-1-3-5-6;1-3-2/h3-6,14,19H,7-9,18H2,1-2H3,(H,21,22);1-5H,7H2;3H2,1-2H3. The van der Waals surface area contributed by atoms with Crippen LogP contribution in [0.25, 0.3) is 0 Å². The van der Waals surface area contributed by atoms with E-state index in [1.54, 1.807) is 11.8 Å². The summed E-state index contributed by atoms with van der Waals surface area (Å²) in [5.74, 6) is -0.359. The van der Waals surface area contributed by atoms with E-state index >= 15 is 0 Å². The fourth-order valence-corrected chi connectivity index (χ4v) is 4.54. The second kappa shape index (κ2) is 12.3. The zero-order chi connectivity index (χ0) is 24.4. The van der Waals surface area contributed by atoms with E-state index in [2.05, 4.69) is 38.0 Å². The molecule has 0 bridgehead atoms. The third-order valence-corrected chi connectivity index (χ3v) is 6.08. The van der Waals surface area contributed by atoms with Crippen LogP contribution in [0.2, 0.25) is 0 Å². The van der Waals surface area contributed by atoms with E-state index in [-0.39, 0.29) is 5.41 Å². The van der Waals surface area contributed by atoms with Crippen LogP contribution in [0.15, 0.2) is 70.2 Å². The molecule has 6 N–H and O–H groups in total. The van der Waals surface area contributed by atoms with Crippen molar-refractivity contribution in [3.8, 4) is 0 Å². The van der Waals surface area contributed by atoms with Gasteiger partial charge < -0.3 is 21.9 Å². The third-order valence-electron chi connectivity index (χ3n) is 4.83. The Bertz CT molecular complexity index is 970. The molecule has 4 rings (SSSR count). The van der Waals surface area contributed by atoms with Gasteiger partial charge in [-0.3, -0.25) is 4.99 Å². The first kappa shape index (κ1) is 26.3. The van der Waals surface area contributed by atoms with Crippen molar-refractivity contribution in [3.05, 3.63) is 65.2 Å². The molecule has 0 radical (unpaired) electrons. The monoisotopic (exact) mass is 468 g/mol. The van der Waals surface area contributed by atoms with Crippen LogP contribution in [0, 0.1) is 5.41 Å². The highest BCUT2D eigenvalue weighted by atomic mass is 32.2. The molecule has 0 amide bonds. The van der Waals surface area contributed by atoms with E-state index in [1.165, 1.54) is 6.42 Å². The van der Waals surface area contributed by atoms with E-state index in [1.807, 2.05) is 54.6 Å². The molecule has 0 aromatic heterocycles. The number of carboxylic acid groups (broad SMARTS) is 1. The van der Waals surface area contributed by atoms with Crippen LogP contribution in [0.4, 0.5) is 17.1 Å². The van der Waals surface area contributed by atoms with E-state index in [0.29, 0.717) is 5.75 Å². The van der Waals surface area contributed by atoms with Crippen LogP contribution in [0.3, 0.4) is 0 Å². The summed E-state index contributed by atoms with van der Waals surface area (Å²) in [5, 5.41) is 12.7. The quantitative estimate of drug-likeness (QED) is 0.409. The van der Waals surface area contributed by atoms with Crippen molar-refractivity contribution in [3.63, 3.8) is 0 Å². The van der Waals surface area contributed by atoms with Gasteiger partial charge in [-0.2, -0.15) is 0 Å². The number of para-hydroxylation sites is 1. The van der Waals surface area contributed by atoms with Gasteiger partial charge in [-0.25, -0.2) is 4.79 Å². The molecule has 1 aliphatic heterocycles. The van der Waals surface area contributed by atoms with E-state index in [0.717, 1.165) is 46.2 Å². The summed E-state index contributed by atoms with van der Waals surface area (Å²) < 4.78 is 0. The lowest BCUT2D eigenvalue weighted by Crippen LogP contribution is -2.34. The molecule has 1 atom stereocenters. The maximum absolute atomic E-state index is 11.2. The molecule has 2 aliphatic rings. The van der Waals surface area contributed by atoms with Gasteiger partial charge in [0.05, 0.1) is 5.71 Å². The van der Waals surface area contributed by atoms with Crippen LogP contribution in [0.5, 0.6) is 0 Å². The summed E-state index contributed by atoms with van der Waals surface area (Å²) in [7, 11) is 0. The number of carboxylic acids is 1. The van der Waals surface area contributed by atoms with Crippen LogP contribution in [-0.4, -0.2) is 28.6 Å². The highest BCUT2D eigenvalue weighted by molar-refractivity contribution is 8.04. The van der Waals surface area contributed by atoms with Crippen molar-refractivity contribution in [2.24, 2.45) is 10.4 Å². The summed E-state index contributed by atoms with van der Waals surface area (Å²) in [5.41, 5.74) is 15.7. The van der Waals surface area contributed by atoms with Gasteiger partial charge in [0.1, 0.15) is 0 Å². The number of hydrogen-bond acceptors (Lipinski definition) is 6. The summed E-state index contributed by atoms with van der Waals surface area (Å²) >= 11 is 1.60. The number of anilines is 3. The van der Waals surface area contributed by atoms with Gasteiger partial charge in [-0.15, -0.1) is 11.8 Å². The van der Waals surface area contributed by atoms with Gasteiger partial charge >= 0.3 is 5.97 Å². The predicted octanol–water partition coefficient (Wildman–Crippen LogP) is 6.04.